The second-order valence-electron chi connectivity index (χ2n) is 4.40. The first kappa shape index (κ1) is 15.7. The van der Waals surface area contributed by atoms with Crippen molar-refractivity contribution in [1.29, 1.82) is 0 Å². The van der Waals surface area contributed by atoms with Gasteiger partial charge in [-0.1, -0.05) is 0 Å². The van der Waals surface area contributed by atoms with E-state index in [0.717, 1.165) is 0 Å². The van der Waals surface area contributed by atoms with Crippen LogP contribution in [0.2, 0.25) is 0 Å². The minimum Gasteiger partial charge on any atom is -0.479 e. The molecule has 0 radical (unpaired) electrons. The first-order chi connectivity index (χ1) is 9.05. The zero-order chi connectivity index (χ0) is 14.3. The highest BCUT2D eigenvalue weighted by Gasteiger charge is 2.44. The number of hydrogen-bond acceptors (Lipinski definition) is 4. The van der Waals surface area contributed by atoms with Gasteiger partial charge in [-0.05, 0) is 13.8 Å². The van der Waals surface area contributed by atoms with Crippen LogP contribution in [0.1, 0.15) is 20.3 Å². The number of likely N-dealkylation sites (N-methyl/N-ethyl adjacent to an activating group) is 1. The van der Waals surface area contributed by atoms with Gasteiger partial charge in [0.25, 0.3) is 0 Å². The molecule has 0 aromatic rings. The minimum atomic E-state index is -1.30. The Hall–Kier alpha value is -1.34. The summed E-state index contributed by atoms with van der Waals surface area (Å²) in [5, 5.41) is 11.8. The molecule has 0 aromatic carbocycles. The van der Waals surface area contributed by atoms with E-state index in [-0.39, 0.29) is 13.0 Å². The van der Waals surface area contributed by atoms with E-state index in [1.807, 2.05) is 13.8 Å². The van der Waals surface area contributed by atoms with Gasteiger partial charge in [-0.2, -0.15) is 0 Å². The molecule has 110 valence electrons. The zero-order valence-electron chi connectivity index (χ0n) is 11.5. The van der Waals surface area contributed by atoms with Gasteiger partial charge in [-0.3, -0.25) is 0 Å². The molecule has 7 nitrogen and oxygen atoms in total. The summed E-state index contributed by atoms with van der Waals surface area (Å²) < 4.78 is 10.3. The summed E-state index contributed by atoms with van der Waals surface area (Å²) in [5.41, 5.74) is -1.30. The highest BCUT2D eigenvalue weighted by molar-refractivity contribution is 5.86. The molecular formula is C12H22N2O5. The SMILES string of the molecule is CCOCCN(CC)C(=O)NC1(C(=O)O)CCOC1. The van der Waals surface area contributed by atoms with Gasteiger partial charge in [0.2, 0.25) is 0 Å². The maximum atomic E-state index is 12.1. The van der Waals surface area contributed by atoms with Gasteiger partial charge in [0.05, 0.1) is 13.2 Å². The molecule has 19 heavy (non-hydrogen) atoms. The van der Waals surface area contributed by atoms with Gasteiger partial charge < -0.3 is 24.8 Å². The third-order valence-corrected chi connectivity index (χ3v) is 3.16. The van der Waals surface area contributed by atoms with Crippen LogP contribution in [-0.2, 0) is 14.3 Å². The molecule has 1 unspecified atom stereocenters. The lowest BCUT2D eigenvalue weighted by Gasteiger charge is -2.28. The molecule has 0 spiro atoms. The fraction of sp³-hybridized carbons (Fsp3) is 0.833. The Morgan fingerprint density at radius 3 is 2.68 bits per heavy atom. The van der Waals surface area contributed by atoms with E-state index in [4.69, 9.17) is 9.47 Å². The van der Waals surface area contributed by atoms with Gasteiger partial charge >= 0.3 is 12.0 Å². The predicted octanol–water partition coefficient (Wildman–Crippen LogP) is 0.298. The second-order valence-corrected chi connectivity index (χ2v) is 4.40. The number of carbonyl (C=O) groups excluding carboxylic acids is 1. The number of nitrogens with zero attached hydrogens (tertiary/aromatic N) is 1. The molecule has 2 amide bonds. The largest absolute Gasteiger partial charge is 0.479 e. The van der Waals surface area contributed by atoms with Crippen LogP contribution >= 0.6 is 0 Å². The Morgan fingerprint density at radius 1 is 1.47 bits per heavy atom. The van der Waals surface area contributed by atoms with E-state index >= 15 is 0 Å². The van der Waals surface area contributed by atoms with Gasteiger partial charge in [-0.25, -0.2) is 9.59 Å². The van der Waals surface area contributed by atoms with E-state index in [9.17, 15) is 14.7 Å². The lowest BCUT2D eigenvalue weighted by Crippen LogP contribution is -2.58. The number of ether oxygens (including phenoxy) is 2. The van der Waals surface area contributed by atoms with Crippen molar-refractivity contribution in [3.8, 4) is 0 Å². The third-order valence-electron chi connectivity index (χ3n) is 3.16. The molecule has 0 bridgehead atoms. The number of carboxylic acids is 1. The molecule has 7 heteroatoms. The van der Waals surface area contributed by atoms with Gasteiger partial charge in [0.15, 0.2) is 5.54 Å². The van der Waals surface area contributed by atoms with E-state index in [1.165, 1.54) is 4.90 Å². The van der Waals surface area contributed by atoms with Crippen LogP contribution < -0.4 is 5.32 Å². The summed E-state index contributed by atoms with van der Waals surface area (Å²) >= 11 is 0. The Labute approximate surface area is 112 Å². The molecule has 1 heterocycles. The van der Waals surface area contributed by atoms with Crippen LogP contribution in [0.4, 0.5) is 4.79 Å². The standard InChI is InChI=1S/C12H22N2O5/c1-3-14(6-8-18-4-2)11(17)13-12(10(15)16)5-7-19-9-12/h3-9H2,1-2H3,(H,13,17)(H,15,16). The Bertz CT molecular complexity index is 315. The number of urea groups is 1. The molecule has 1 fully saturated rings. The average Bonchev–Trinajstić information content (AvgIpc) is 2.84. The number of hydrogen-bond donors (Lipinski definition) is 2. The summed E-state index contributed by atoms with van der Waals surface area (Å²) in [5.74, 6) is -1.06. The first-order valence-electron chi connectivity index (χ1n) is 6.51. The monoisotopic (exact) mass is 274 g/mol. The maximum Gasteiger partial charge on any atom is 0.332 e. The quantitative estimate of drug-likeness (QED) is 0.652. The molecule has 0 saturated carbocycles. The lowest BCUT2D eigenvalue weighted by atomic mass is 9.99. The molecule has 2 N–H and O–H groups in total. The molecule has 1 rings (SSSR count). The van der Waals surface area contributed by atoms with Crippen LogP contribution in [0.25, 0.3) is 0 Å². The molecule has 1 atom stereocenters. The number of nitrogens with one attached hydrogen (secondary N) is 1. The molecule has 0 aliphatic carbocycles. The van der Waals surface area contributed by atoms with Crippen molar-refractivity contribution in [2.75, 3.05) is 39.5 Å². The van der Waals surface area contributed by atoms with E-state index in [0.29, 0.717) is 32.9 Å². The Morgan fingerprint density at radius 2 is 2.21 bits per heavy atom. The number of amides is 2. The number of aliphatic carboxylic acids is 1. The smallest absolute Gasteiger partial charge is 0.332 e. The molecule has 1 saturated heterocycles. The predicted molar refractivity (Wildman–Crippen MR) is 68.1 cm³/mol. The lowest BCUT2D eigenvalue weighted by molar-refractivity contribution is -0.144. The fourth-order valence-electron chi connectivity index (χ4n) is 1.89. The third kappa shape index (κ3) is 4.07. The van der Waals surface area contributed by atoms with Crippen molar-refractivity contribution in [3.63, 3.8) is 0 Å². The number of rotatable bonds is 7. The van der Waals surface area contributed by atoms with Crippen LogP contribution in [-0.4, -0.2) is 67.1 Å². The topological polar surface area (TPSA) is 88.1 Å². The van der Waals surface area contributed by atoms with E-state index < -0.39 is 17.5 Å². The first-order valence-corrected chi connectivity index (χ1v) is 6.51. The molecular weight excluding hydrogens is 252 g/mol. The van der Waals surface area contributed by atoms with Crippen molar-refractivity contribution in [3.05, 3.63) is 0 Å². The summed E-state index contributed by atoms with van der Waals surface area (Å²) in [4.78, 5) is 24.9. The van der Waals surface area contributed by atoms with Crippen LogP contribution in [0.15, 0.2) is 0 Å². The Balaban J connectivity index is 2.57. The highest BCUT2D eigenvalue weighted by atomic mass is 16.5. The second kappa shape index (κ2) is 7.30. The molecule has 1 aliphatic rings. The summed E-state index contributed by atoms with van der Waals surface area (Å²) in [7, 11) is 0. The van der Waals surface area contributed by atoms with E-state index in [2.05, 4.69) is 5.32 Å². The molecule has 0 aromatic heterocycles. The average molecular weight is 274 g/mol. The van der Waals surface area contributed by atoms with E-state index in [1.54, 1.807) is 0 Å². The number of carbonyl (C=O) groups is 2. The summed E-state index contributed by atoms with van der Waals surface area (Å²) in [6.07, 6.45) is 0.289. The van der Waals surface area contributed by atoms with Gasteiger partial charge in [0.1, 0.15) is 0 Å². The number of carboxylic acid groups (broad SMARTS) is 1. The molecule has 1 aliphatic heterocycles. The normalized spacial score (nSPS) is 22.2. The van der Waals surface area contributed by atoms with Gasteiger partial charge in [-0.15, -0.1) is 0 Å². The maximum absolute atomic E-state index is 12.1. The van der Waals surface area contributed by atoms with Crippen LogP contribution in [0.3, 0.4) is 0 Å². The summed E-state index contributed by atoms with van der Waals surface area (Å²) in [6.45, 7) is 6.03. The van der Waals surface area contributed by atoms with Crippen LogP contribution in [0, 0.1) is 0 Å². The van der Waals surface area contributed by atoms with Gasteiger partial charge in [0, 0.05) is 32.7 Å². The zero-order valence-corrected chi connectivity index (χ0v) is 11.5. The van der Waals surface area contributed by atoms with Crippen molar-refractivity contribution in [1.82, 2.24) is 10.2 Å². The van der Waals surface area contributed by atoms with Crippen molar-refractivity contribution in [2.24, 2.45) is 0 Å². The highest BCUT2D eigenvalue weighted by Crippen LogP contribution is 2.19. The summed E-state index contributed by atoms with van der Waals surface area (Å²) in [6, 6.07) is -0.393. The van der Waals surface area contributed by atoms with Crippen molar-refractivity contribution in [2.45, 2.75) is 25.8 Å². The van der Waals surface area contributed by atoms with Crippen molar-refractivity contribution < 1.29 is 24.2 Å². The minimum absolute atomic E-state index is 0.0110. The fourth-order valence-corrected chi connectivity index (χ4v) is 1.89. The Kier molecular flexibility index (Phi) is 6.04. The van der Waals surface area contributed by atoms with Crippen molar-refractivity contribution >= 4 is 12.0 Å². The van der Waals surface area contributed by atoms with Crippen LogP contribution in [0.5, 0.6) is 0 Å².